The van der Waals surface area contributed by atoms with Crippen LogP contribution in [0.3, 0.4) is 0 Å². The van der Waals surface area contributed by atoms with E-state index < -0.39 is 5.97 Å². The predicted octanol–water partition coefficient (Wildman–Crippen LogP) is 4.26. The largest absolute Gasteiger partial charge is 0.496 e. The predicted molar refractivity (Wildman–Crippen MR) is 92.4 cm³/mol. The zero-order chi connectivity index (χ0) is 16.9. The van der Waals surface area contributed by atoms with E-state index >= 15 is 0 Å². The molecule has 0 spiro atoms. The fourth-order valence-corrected chi connectivity index (χ4v) is 2.80. The minimum absolute atomic E-state index is 0.151. The molecule has 0 bridgehead atoms. The number of ether oxygens (including phenoxy) is 2. The third-order valence-corrected chi connectivity index (χ3v) is 3.94. The summed E-state index contributed by atoms with van der Waals surface area (Å²) in [6.45, 7) is 0.625. The van der Waals surface area contributed by atoms with Crippen LogP contribution in [0.4, 0.5) is 0 Å². The minimum Gasteiger partial charge on any atom is -0.496 e. The number of hydrogen-bond acceptors (Lipinski definition) is 3. The molecule has 0 fully saturated rings. The molecule has 0 heterocycles. The molecular weight excluding hydrogens is 304 g/mol. The van der Waals surface area contributed by atoms with Crippen LogP contribution in [0.1, 0.15) is 21.5 Å². The summed E-state index contributed by atoms with van der Waals surface area (Å²) >= 11 is 0. The second-order valence-electron chi connectivity index (χ2n) is 5.43. The zero-order valence-electron chi connectivity index (χ0n) is 13.4. The molecule has 122 valence electrons. The highest BCUT2D eigenvalue weighted by atomic mass is 16.5. The normalized spacial score (nSPS) is 10.7. The number of hydrogen-bond donors (Lipinski definition) is 1. The number of fused-ring (bicyclic) bond motifs is 1. The lowest BCUT2D eigenvalue weighted by Gasteiger charge is -2.12. The fourth-order valence-electron chi connectivity index (χ4n) is 2.80. The first-order chi connectivity index (χ1) is 11.7. The van der Waals surface area contributed by atoms with Crippen molar-refractivity contribution in [3.05, 3.63) is 77.4 Å². The van der Waals surface area contributed by atoms with Crippen molar-refractivity contribution in [2.24, 2.45) is 0 Å². The van der Waals surface area contributed by atoms with Gasteiger partial charge in [-0.1, -0.05) is 54.6 Å². The summed E-state index contributed by atoms with van der Waals surface area (Å²) in [4.78, 5) is 11.5. The first kappa shape index (κ1) is 16.0. The maximum Gasteiger partial charge on any atom is 0.339 e. The Morgan fingerprint density at radius 2 is 1.58 bits per heavy atom. The molecule has 0 atom stereocenters. The molecule has 24 heavy (non-hydrogen) atoms. The lowest BCUT2D eigenvalue weighted by Crippen LogP contribution is -2.07. The van der Waals surface area contributed by atoms with Gasteiger partial charge in [-0.2, -0.15) is 0 Å². The SMILES string of the molecule is COc1cccc(COCc2cccc3ccccc23)c1C(=O)O. The number of benzene rings is 3. The van der Waals surface area contributed by atoms with Crippen LogP contribution in [0.15, 0.2) is 60.7 Å². The van der Waals surface area contributed by atoms with Crippen LogP contribution in [0, 0.1) is 0 Å². The Morgan fingerprint density at radius 3 is 2.38 bits per heavy atom. The molecule has 0 aliphatic carbocycles. The summed E-state index contributed by atoms with van der Waals surface area (Å²) in [6, 6.07) is 19.3. The van der Waals surface area contributed by atoms with E-state index in [4.69, 9.17) is 9.47 Å². The number of carboxylic acids is 1. The Bertz CT molecular complexity index is 865. The molecule has 0 aromatic heterocycles. The van der Waals surface area contributed by atoms with Gasteiger partial charge in [-0.05, 0) is 28.0 Å². The molecule has 0 saturated carbocycles. The molecule has 3 rings (SSSR count). The van der Waals surface area contributed by atoms with Gasteiger partial charge in [-0.15, -0.1) is 0 Å². The van der Waals surface area contributed by atoms with E-state index in [2.05, 4.69) is 18.2 Å². The van der Waals surface area contributed by atoms with Gasteiger partial charge in [0.2, 0.25) is 0 Å². The third kappa shape index (κ3) is 3.24. The van der Waals surface area contributed by atoms with Gasteiger partial charge in [-0.3, -0.25) is 0 Å². The van der Waals surface area contributed by atoms with Crippen molar-refractivity contribution in [2.45, 2.75) is 13.2 Å². The van der Waals surface area contributed by atoms with Crippen LogP contribution < -0.4 is 4.74 Å². The van der Waals surface area contributed by atoms with Crippen LogP contribution in [0.5, 0.6) is 5.75 Å². The second-order valence-corrected chi connectivity index (χ2v) is 5.43. The molecule has 0 amide bonds. The van der Waals surface area contributed by atoms with Gasteiger partial charge in [0.1, 0.15) is 11.3 Å². The molecule has 0 radical (unpaired) electrons. The minimum atomic E-state index is -1.02. The summed E-state index contributed by atoms with van der Waals surface area (Å²) in [5, 5.41) is 11.7. The average Bonchev–Trinajstić information content (AvgIpc) is 2.61. The van der Waals surface area contributed by atoms with Crippen LogP contribution in [0.25, 0.3) is 10.8 Å². The molecule has 3 aromatic rings. The summed E-state index contributed by atoms with van der Waals surface area (Å²) in [6.07, 6.45) is 0. The van der Waals surface area contributed by atoms with Gasteiger partial charge in [0.15, 0.2) is 0 Å². The van der Waals surface area contributed by atoms with Gasteiger partial charge < -0.3 is 14.6 Å². The average molecular weight is 322 g/mol. The number of carboxylic acid groups (broad SMARTS) is 1. The number of methoxy groups -OCH3 is 1. The number of carbonyl (C=O) groups is 1. The maximum atomic E-state index is 11.5. The van der Waals surface area contributed by atoms with Crippen LogP contribution in [-0.2, 0) is 18.0 Å². The summed E-state index contributed by atoms with van der Waals surface area (Å²) in [7, 11) is 1.46. The molecule has 0 aliphatic rings. The van der Waals surface area contributed by atoms with E-state index in [0.29, 0.717) is 17.9 Å². The van der Waals surface area contributed by atoms with Gasteiger partial charge >= 0.3 is 5.97 Å². The fraction of sp³-hybridized carbons (Fsp3) is 0.150. The highest BCUT2D eigenvalue weighted by Gasteiger charge is 2.16. The van der Waals surface area contributed by atoms with E-state index in [-0.39, 0.29) is 12.2 Å². The maximum absolute atomic E-state index is 11.5. The second kappa shape index (κ2) is 7.15. The molecule has 3 aromatic carbocycles. The van der Waals surface area contributed by atoms with Crippen molar-refractivity contribution in [3.63, 3.8) is 0 Å². The Kier molecular flexibility index (Phi) is 4.77. The van der Waals surface area contributed by atoms with E-state index in [0.717, 1.165) is 16.3 Å². The van der Waals surface area contributed by atoms with Gasteiger partial charge in [-0.25, -0.2) is 4.79 Å². The topological polar surface area (TPSA) is 55.8 Å². The molecule has 4 heteroatoms. The quantitative estimate of drug-likeness (QED) is 0.736. The third-order valence-electron chi connectivity index (χ3n) is 3.94. The first-order valence-corrected chi connectivity index (χ1v) is 7.64. The van der Waals surface area contributed by atoms with Crippen molar-refractivity contribution in [3.8, 4) is 5.75 Å². The van der Waals surface area contributed by atoms with E-state index in [9.17, 15) is 9.90 Å². The lowest BCUT2D eigenvalue weighted by molar-refractivity contribution is 0.0680. The van der Waals surface area contributed by atoms with Crippen molar-refractivity contribution in [2.75, 3.05) is 7.11 Å². The van der Waals surface area contributed by atoms with Crippen molar-refractivity contribution < 1.29 is 19.4 Å². The zero-order valence-corrected chi connectivity index (χ0v) is 13.4. The number of rotatable bonds is 6. The van der Waals surface area contributed by atoms with Crippen LogP contribution in [-0.4, -0.2) is 18.2 Å². The van der Waals surface area contributed by atoms with Gasteiger partial charge in [0.25, 0.3) is 0 Å². The van der Waals surface area contributed by atoms with E-state index in [1.54, 1.807) is 18.2 Å². The molecule has 4 nitrogen and oxygen atoms in total. The van der Waals surface area contributed by atoms with Crippen molar-refractivity contribution in [1.82, 2.24) is 0 Å². The Balaban J connectivity index is 1.78. The van der Waals surface area contributed by atoms with Crippen molar-refractivity contribution in [1.29, 1.82) is 0 Å². The Labute approximate surface area is 140 Å². The van der Waals surface area contributed by atoms with Gasteiger partial charge in [0.05, 0.1) is 20.3 Å². The monoisotopic (exact) mass is 322 g/mol. The van der Waals surface area contributed by atoms with E-state index in [1.165, 1.54) is 7.11 Å². The van der Waals surface area contributed by atoms with Crippen molar-refractivity contribution >= 4 is 16.7 Å². The Hall–Kier alpha value is -2.85. The standard InChI is InChI=1S/C20H18O4/c1-23-18-11-5-9-16(19(18)20(21)22)13-24-12-15-8-4-7-14-6-2-3-10-17(14)15/h2-11H,12-13H2,1H3,(H,21,22). The van der Waals surface area contributed by atoms with Crippen LogP contribution in [0.2, 0.25) is 0 Å². The summed E-state index contributed by atoms with van der Waals surface area (Å²) in [5.74, 6) is -0.676. The highest BCUT2D eigenvalue weighted by Crippen LogP contribution is 2.24. The first-order valence-electron chi connectivity index (χ1n) is 7.64. The van der Waals surface area contributed by atoms with Crippen LogP contribution >= 0.6 is 0 Å². The highest BCUT2D eigenvalue weighted by molar-refractivity contribution is 5.92. The molecule has 0 saturated heterocycles. The molecule has 0 unspecified atom stereocenters. The Morgan fingerprint density at radius 1 is 0.917 bits per heavy atom. The molecular formula is C20H18O4. The molecule has 0 aliphatic heterocycles. The van der Waals surface area contributed by atoms with E-state index in [1.807, 2.05) is 24.3 Å². The van der Waals surface area contributed by atoms with Gasteiger partial charge in [0, 0.05) is 0 Å². The summed E-state index contributed by atoms with van der Waals surface area (Å²) in [5.41, 5.74) is 1.83. The lowest BCUT2D eigenvalue weighted by atomic mass is 10.1. The smallest absolute Gasteiger partial charge is 0.339 e. The number of aromatic carboxylic acids is 1. The summed E-state index contributed by atoms with van der Waals surface area (Å²) < 4.78 is 10.9. The molecule has 1 N–H and O–H groups in total.